The first-order valence-corrected chi connectivity index (χ1v) is 3.17. The van der Waals surface area contributed by atoms with Gasteiger partial charge in [0.25, 0.3) is 0 Å². The Morgan fingerprint density at radius 2 is 2.33 bits per heavy atom. The standard InChI is InChI=1S/C5H8ClN3/c1-3-4-7-5(6)8-9(4)2/h3H2,1-2H3. The molecule has 0 saturated carbocycles. The van der Waals surface area contributed by atoms with Crippen molar-refractivity contribution in [3.05, 3.63) is 11.1 Å². The summed E-state index contributed by atoms with van der Waals surface area (Å²) >= 11 is 5.50. The molecule has 1 heterocycles. The van der Waals surface area contributed by atoms with Crippen LogP contribution in [-0.4, -0.2) is 14.8 Å². The molecule has 1 aromatic rings. The van der Waals surface area contributed by atoms with Crippen LogP contribution in [0.15, 0.2) is 0 Å². The molecule has 4 heteroatoms. The first-order chi connectivity index (χ1) is 4.24. The highest BCUT2D eigenvalue weighted by atomic mass is 35.5. The van der Waals surface area contributed by atoms with Gasteiger partial charge >= 0.3 is 0 Å². The Labute approximate surface area is 58.7 Å². The van der Waals surface area contributed by atoms with E-state index >= 15 is 0 Å². The molecule has 3 nitrogen and oxygen atoms in total. The van der Waals surface area contributed by atoms with Crippen LogP contribution in [0.1, 0.15) is 12.7 Å². The summed E-state index contributed by atoms with van der Waals surface area (Å²) in [6, 6.07) is 0. The zero-order valence-electron chi connectivity index (χ0n) is 5.43. The summed E-state index contributed by atoms with van der Waals surface area (Å²) in [6.45, 7) is 2.01. The second-order valence-corrected chi connectivity index (χ2v) is 2.11. The van der Waals surface area contributed by atoms with Gasteiger partial charge in [-0.05, 0) is 11.6 Å². The lowest BCUT2D eigenvalue weighted by Crippen LogP contribution is -1.96. The Kier molecular flexibility index (Phi) is 1.71. The molecule has 0 spiro atoms. The van der Waals surface area contributed by atoms with Gasteiger partial charge in [-0.3, -0.25) is 4.68 Å². The summed E-state index contributed by atoms with van der Waals surface area (Å²) in [5.41, 5.74) is 0. The van der Waals surface area contributed by atoms with Crippen molar-refractivity contribution in [2.45, 2.75) is 13.3 Å². The fraction of sp³-hybridized carbons (Fsp3) is 0.600. The van der Waals surface area contributed by atoms with Gasteiger partial charge < -0.3 is 0 Å². The predicted octanol–water partition coefficient (Wildman–Crippen LogP) is 1.03. The van der Waals surface area contributed by atoms with E-state index in [0.29, 0.717) is 5.28 Å². The fourth-order valence-electron chi connectivity index (χ4n) is 0.691. The fourth-order valence-corrected chi connectivity index (χ4v) is 0.902. The molecule has 1 aromatic heterocycles. The zero-order valence-corrected chi connectivity index (χ0v) is 6.18. The molecule has 0 aliphatic carbocycles. The minimum absolute atomic E-state index is 0.328. The van der Waals surface area contributed by atoms with Gasteiger partial charge in [-0.25, -0.2) is 4.98 Å². The average Bonchev–Trinajstić information content (AvgIpc) is 2.10. The quantitative estimate of drug-likeness (QED) is 0.591. The van der Waals surface area contributed by atoms with Crippen LogP contribution in [0.3, 0.4) is 0 Å². The molecule has 0 unspecified atom stereocenters. The second-order valence-electron chi connectivity index (χ2n) is 1.77. The molecule has 0 aliphatic rings. The van der Waals surface area contributed by atoms with Gasteiger partial charge in [0.2, 0.25) is 5.28 Å². The lowest BCUT2D eigenvalue weighted by molar-refractivity contribution is 0.709. The highest BCUT2D eigenvalue weighted by Crippen LogP contribution is 2.01. The molecule has 0 amide bonds. The molecule has 0 N–H and O–H groups in total. The molecule has 0 atom stereocenters. The molecule has 0 aliphatic heterocycles. The lowest BCUT2D eigenvalue weighted by Gasteiger charge is -1.90. The van der Waals surface area contributed by atoms with E-state index in [1.54, 1.807) is 4.68 Å². The molecule has 50 valence electrons. The van der Waals surface area contributed by atoms with E-state index in [1.165, 1.54) is 0 Å². The Bertz CT molecular complexity index is 206. The van der Waals surface area contributed by atoms with E-state index in [0.717, 1.165) is 12.2 Å². The highest BCUT2D eigenvalue weighted by Gasteiger charge is 1.99. The van der Waals surface area contributed by atoms with Crippen molar-refractivity contribution >= 4 is 11.6 Å². The van der Waals surface area contributed by atoms with Crippen LogP contribution < -0.4 is 0 Å². The zero-order chi connectivity index (χ0) is 6.85. The summed E-state index contributed by atoms with van der Waals surface area (Å²) in [6.07, 6.45) is 0.871. The number of halogens is 1. The van der Waals surface area contributed by atoms with E-state index in [1.807, 2.05) is 14.0 Å². The van der Waals surface area contributed by atoms with E-state index < -0.39 is 0 Å². The van der Waals surface area contributed by atoms with Crippen molar-refractivity contribution in [3.63, 3.8) is 0 Å². The molecule has 0 aromatic carbocycles. The molecule has 9 heavy (non-hydrogen) atoms. The van der Waals surface area contributed by atoms with Crippen LogP contribution in [-0.2, 0) is 13.5 Å². The summed E-state index contributed by atoms with van der Waals surface area (Å²) in [5.74, 6) is 0.917. The number of aromatic nitrogens is 3. The van der Waals surface area contributed by atoms with E-state index in [2.05, 4.69) is 10.1 Å². The van der Waals surface area contributed by atoms with Gasteiger partial charge in [-0.1, -0.05) is 6.92 Å². The molecule has 0 saturated heterocycles. The Morgan fingerprint density at radius 3 is 2.56 bits per heavy atom. The van der Waals surface area contributed by atoms with Crippen molar-refractivity contribution < 1.29 is 0 Å². The molecule has 0 bridgehead atoms. The smallest absolute Gasteiger partial charge is 0.242 e. The molecule has 1 rings (SSSR count). The normalized spacial score (nSPS) is 10.1. The van der Waals surface area contributed by atoms with Crippen molar-refractivity contribution in [1.82, 2.24) is 14.8 Å². The van der Waals surface area contributed by atoms with Gasteiger partial charge in [0.15, 0.2) is 0 Å². The second kappa shape index (κ2) is 2.35. The topological polar surface area (TPSA) is 30.7 Å². The van der Waals surface area contributed by atoms with Crippen LogP contribution in [0.2, 0.25) is 5.28 Å². The molecule has 0 fully saturated rings. The maximum Gasteiger partial charge on any atom is 0.242 e. The van der Waals surface area contributed by atoms with E-state index in [9.17, 15) is 0 Å². The Hall–Kier alpha value is -0.570. The van der Waals surface area contributed by atoms with Gasteiger partial charge in [0, 0.05) is 13.5 Å². The molecular formula is C5H8ClN3. The van der Waals surface area contributed by atoms with Crippen molar-refractivity contribution in [3.8, 4) is 0 Å². The monoisotopic (exact) mass is 145 g/mol. The Morgan fingerprint density at radius 1 is 1.67 bits per heavy atom. The third-order valence-electron chi connectivity index (χ3n) is 1.14. The van der Waals surface area contributed by atoms with Crippen LogP contribution >= 0.6 is 11.6 Å². The first-order valence-electron chi connectivity index (χ1n) is 2.79. The minimum atomic E-state index is 0.328. The van der Waals surface area contributed by atoms with Gasteiger partial charge in [-0.2, -0.15) is 0 Å². The van der Waals surface area contributed by atoms with Gasteiger partial charge in [-0.15, -0.1) is 5.10 Å². The molecular weight excluding hydrogens is 138 g/mol. The maximum atomic E-state index is 5.50. The van der Waals surface area contributed by atoms with Crippen LogP contribution in [0.25, 0.3) is 0 Å². The number of aryl methyl sites for hydroxylation is 2. The van der Waals surface area contributed by atoms with Crippen molar-refractivity contribution in [2.75, 3.05) is 0 Å². The average molecular weight is 146 g/mol. The summed E-state index contributed by atoms with van der Waals surface area (Å²) in [4.78, 5) is 3.95. The summed E-state index contributed by atoms with van der Waals surface area (Å²) in [7, 11) is 1.83. The first kappa shape index (κ1) is 6.55. The summed E-state index contributed by atoms with van der Waals surface area (Å²) < 4.78 is 1.68. The number of rotatable bonds is 1. The third-order valence-corrected chi connectivity index (χ3v) is 1.30. The van der Waals surface area contributed by atoms with Gasteiger partial charge in [0.05, 0.1) is 0 Å². The van der Waals surface area contributed by atoms with Crippen LogP contribution in [0.5, 0.6) is 0 Å². The minimum Gasteiger partial charge on any atom is -0.252 e. The predicted molar refractivity (Wildman–Crippen MR) is 35.4 cm³/mol. The summed E-state index contributed by atoms with van der Waals surface area (Å²) in [5, 5.41) is 4.18. The lowest BCUT2D eigenvalue weighted by atomic mass is 10.5. The molecule has 0 radical (unpaired) electrons. The van der Waals surface area contributed by atoms with Gasteiger partial charge in [0.1, 0.15) is 5.82 Å². The largest absolute Gasteiger partial charge is 0.252 e. The number of hydrogen-bond acceptors (Lipinski definition) is 2. The van der Waals surface area contributed by atoms with Crippen molar-refractivity contribution in [1.29, 1.82) is 0 Å². The van der Waals surface area contributed by atoms with Crippen LogP contribution in [0.4, 0.5) is 0 Å². The maximum absolute atomic E-state index is 5.50. The van der Waals surface area contributed by atoms with Crippen LogP contribution in [0, 0.1) is 0 Å². The van der Waals surface area contributed by atoms with Crippen molar-refractivity contribution in [2.24, 2.45) is 7.05 Å². The third kappa shape index (κ3) is 1.21. The number of hydrogen-bond donors (Lipinski definition) is 0. The number of nitrogens with zero attached hydrogens (tertiary/aromatic N) is 3. The SMILES string of the molecule is CCc1nc(Cl)nn1C. The highest BCUT2D eigenvalue weighted by molar-refractivity contribution is 6.28. The Balaban J connectivity index is 3.01. The van der Waals surface area contributed by atoms with E-state index in [-0.39, 0.29) is 0 Å². The van der Waals surface area contributed by atoms with E-state index in [4.69, 9.17) is 11.6 Å².